The van der Waals surface area contributed by atoms with E-state index in [0.29, 0.717) is 19.0 Å². The number of ether oxygens (including phenoxy) is 3. The van der Waals surface area contributed by atoms with Crippen molar-refractivity contribution in [2.24, 2.45) is 0 Å². The van der Waals surface area contributed by atoms with Crippen LogP contribution in [0.15, 0.2) is 47.1 Å². The van der Waals surface area contributed by atoms with Gasteiger partial charge in [-0.2, -0.15) is 0 Å². The average Bonchev–Trinajstić information content (AvgIpc) is 3.18. The number of carbonyl (C=O) groups is 1. The van der Waals surface area contributed by atoms with E-state index in [9.17, 15) is 4.79 Å². The minimum Gasteiger partial charge on any atom is -0.496 e. The zero-order valence-corrected chi connectivity index (χ0v) is 19.6. The van der Waals surface area contributed by atoms with E-state index in [1.807, 2.05) is 58.0 Å². The molecule has 0 saturated heterocycles. The largest absolute Gasteiger partial charge is 0.496 e. The number of hydrogen-bond donors (Lipinski definition) is 1. The molecule has 2 aromatic carbocycles. The van der Waals surface area contributed by atoms with Gasteiger partial charge in [0.25, 0.3) is 0 Å². The molecule has 0 radical (unpaired) electrons. The van der Waals surface area contributed by atoms with Crippen LogP contribution >= 0.6 is 0 Å². The third kappa shape index (κ3) is 4.97. The topological polar surface area (TPSA) is 69.9 Å². The molecule has 0 saturated carbocycles. The van der Waals surface area contributed by atoms with E-state index in [-0.39, 0.29) is 11.9 Å². The van der Waals surface area contributed by atoms with Crippen LogP contribution in [0, 0.1) is 6.92 Å². The number of allylic oxidation sites excluding steroid dienone is 1. The van der Waals surface area contributed by atoms with Gasteiger partial charge in [-0.05, 0) is 57.0 Å². The first-order valence-electron chi connectivity index (χ1n) is 10.7. The lowest BCUT2D eigenvalue weighted by Crippen LogP contribution is -2.34. The molecule has 1 aromatic heterocycles. The maximum Gasteiger partial charge on any atom is 0.244 e. The van der Waals surface area contributed by atoms with Gasteiger partial charge in [-0.25, -0.2) is 0 Å². The molecular formula is C26H31NO5. The van der Waals surface area contributed by atoms with Crippen molar-refractivity contribution in [1.29, 1.82) is 0 Å². The van der Waals surface area contributed by atoms with Crippen LogP contribution in [0.25, 0.3) is 27.7 Å². The van der Waals surface area contributed by atoms with Crippen LogP contribution in [0.1, 0.15) is 31.9 Å². The summed E-state index contributed by atoms with van der Waals surface area (Å²) in [5.41, 5.74) is 5.29. The van der Waals surface area contributed by atoms with E-state index in [1.165, 1.54) is 0 Å². The molecule has 3 rings (SSSR count). The standard InChI is InChI=1S/C26H31NO5/c1-7-31-20-10-8-19(9-11-20)23-15-32-26-18(4)25(30-6)21(13-22(23)26)16(2)12-24(28)27-17(3)14-29-5/h8-13,15,17H,7,14H2,1-6H3,(H,27,28)/b16-12+. The lowest BCUT2D eigenvalue weighted by molar-refractivity contribution is -0.117. The molecule has 0 fully saturated rings. The second kappa shape index (κ2) is 10.4. The van der Waals surface area contributed by atoms with E-state index >= 15 is 0 Å². The van der Waals surface area contributed by atoms with Crippen molar-refractivity contribution < 1.29 is 23.4 Å². The summed E-state index contributed by atoms with van der Waals surface area (Å²) >= 11 is 0. The van der Waals surface area contributed by atoms with Crippen LogP contribution < -0.4 is 14.8 Å². The van der Waals surface area contributed by atoms with E-state index < -0.39 is 0 Å². The lowest BCUT2D eigenvalue weighted by atomic mass is 9.96. The van der Waals surface area contributed by atoms with Crippen molar-refractivity contribution in [3.63, 3.8) is 0 Å². The fraction of sp³-hybridized carbons (Fsp3) is 0.346. The summed E-state index contributed by atoms with van der Waals surface area (Å²) in [6.07, 6.45) is 3.35. The number of nitrogens with one attached hydrogen (secondary N) is 1. The molecule has 0 aliphatic heterocycles. The van der Waals surface area contributed by atoms with Gasteiger partial charge >= 0.3 is 0 Å². The molecule has 1 heterocycles. The summed E-state index contributed by atoms with van der Waals surface area (Å²) in [6.45, 7) is 8.80. The fourth-order valence-corrected chi connectivity index (χ4v) is 3.84. The zero-order valence-electron chi connectivity index (χ0n) is 19.6. The number of hydrogen-bond acceptors (Lipinski definition) is 5. The highest BCUT2D eigenvalue weighted by molar-refractivity contribution is 6.01. The summed E-state index contributed by atoms with van der Waals surface area (Å²) in [5, 5.41) is 3.87. The Kier molecular flexibility index (Phi) is 7.59. The first kappa shape index (κ1) is 23.4. The van der Waals surface area contributed by atoms with Crippen molar-refractivity contribution in [2.75, 3.05) is 27.4 Å². The van der Waals surface area contributed by atoms with Crippen molar-refractivity contribution in [1.82, 2.24) is 5.32 Å². The second-order valence-electron chi connectivity index (χ2n) is 7.76. The maximum atomic E-state index is 12.5. The van der Waals surface area contributed by atoms with Gasteiger partial charge in [0.15, 0.2) is 0 Å². The van der Waals surface area contributed by atoms with Crippen LogP contribution in [-0.4, -0.2) is 39.4 Å². The van der Waals surface area contributed by atoms with Crippen LogP contribution in [0.4, 0.5) is 0 Å². The smallest absolute Gasteiger partial charge is 0.244 e. The highest BCUT2D eigenvalue weighted by atomic mass is 16.5. The Balaban J connectivity index is 2.04. The van der Waals surface area contributed by atoms with Gasteiger partial charge in [0.1, 0.15) is 17.1 Å². The molecule has 1 N–H and O–H groups in total. The Labute approximate surface area is 189 Å². The minimum atomic E-state index is -0.175. The summed E-state index contributed by atoms with van der Waals surface area (Å²) in [4.78, 5) is 12.5. The molecule has 1 amide bonds. The van der Waals surface area contributed by atoms with Gasteiger partial charge in [0.05, 0.1) is 26.6 Å². The molecule has 6 heteroatoms. The van der Waals surface area contributed by atoms with E-state index in [2.05, 4.69) is 5.32 Å². The number of benzene rings is 2. The molecule has 1 unspecified atom stereocenters. The Morgan fingerprint density at radius 1 is 1.22 bits per heavy atom. The molecule has 3 aromatic rings. The van der Waals surface area contributed by atoms with Crippen LogP contribution in [-0.2, 0) is 9.53 Å². The number of aryl methyl sites for hydroxylation is 1. The predicted octanol–water partition coefficient (Wildman–Crippen LogP) is 5.37. The van der Waals surface area contributed by atoms with Gasteiger partial charge in [0.2, 0.25) is 5.91 Å². The van der Waals surface area contributed by atoms with Gasteiger partial charge in [0, 0.05) is 41.3 Å². The number of amides is 1. The van der Waals surface area contributed by atoms with Crippen LogP contribution in [0.2, 0.25) is 0 Å². The SMILES string of the molecule is CCOc1ccc(-c2coc3c(C)c(OC)c(/C(C)=C/C(=O)NC(C)COC)cc23)cc1. The molecule has 0 spiro atoms. The van der Waals surface area contributed by atoms with E-state index in [4.69, 9.17) is 18.6 Å². The molecular weight excluding hydrogens is 406 g/mol. The quantitative estimate of drug-likeness (QED) is 0.456. The minimum absolute atomic E-state index is 0.0807. The Morgan fingerprint density at radius 2 is 1.94 bits per heavy atom. The zero-order chi connectivity index (χ0) is 23.3. The number of carbonyl (C=O) groups excluding carboxylic acids is 1. The van der Waals surface area contributed by atoms with Gasteiger partial charge in [-0.3, -0.25) is 4.79 Å². The van der Waals surface area contributed by atoms with E-state index in [0.717, 1.165) is 44.5 Å². The van der Waals surface area contributed by atoms with E-state index in [1.54, 1.807) is 26.6 Å². The second-order valence-corrected chi connectivity index (χ2v) is 7.76. The van der Waals surface area contributed by atoms with Gasteiger partial charge < -0.3 is 23.9 Å². The number of fused-ring (bicyclic) bond motifs is 1. The summed E-state index contributed by atoms with van der Waals surface area (Å²) < 4.78 is 22.3. The number of furan rings is 1. The molecule has 170 valence electrons. The lowest BCUT2D eigenvalue weighted by Gasteiger charge is -2.14. The molecule has 1 atom stereocenters. The Morgan fingerprint density at radius 3 is 2.56 bits per heavy atom. The molecule has 0 aliphatic rings. The number of methoxy groups -OCH3 is 2. The summed E-state index contributed by atoms with van der Waals surface area (Å²) in [6, 6.07) is 9.87. The normalized spacial score (nSPS) is 12.6. The maximum absolute atomic E-state index is 12.5. The third-order valence-corrected chi connectivity index (χ3v) is 5.30. The first-order chi connectivity index (χ1) is 15.4. The van der Waals surface area contributed by atoms with Crippen molar-refractivity contribution >= 4 is 22.4 Å². The monoisotopic (exact) mass is 437 g/mol. The first-order valence-corrected chi connectivity index (χ1v) is 10.7. The molecule has 0 bridgehead atoms. The third-order valence-electron chi connectivity index (χ3n) is 5.30. The number of rotatable bonds is 9. The predicted molar refractivity (Wildman–Crippen MR) is 127 cm³/mol. The van der Waals surface area contributed by atoms with Gasteiger partial charge in [-0.1, -0.05) is 12.1 Å². The molecule has 32 heavy (non-hydrogen) atoms. The van der Waals surface area contributed by atoms with Crippen molar-refractivity contribution in [3.8, 4) is 22.6 Å². The summed E-state index contributed by atoms with van der Waals surface area (Å²) in [5.74, 6) is 1.34. The molecule has 0 aliphatic carbocycles. The highest BCUT2D eigenvalue weighted by Gasteiger charge is 2.19. The van der Waals surface area contributed by atoms with Gasteiger partial charge in [-0.15, -0.1) is 0 Å². The average molecular weight is 438 g/mol. The fourth-order valence-electron chi connectivity index (χ4n) is 3.84. The highest BCUT2D eigenvalue weighted by Crippen LogP contribution is 2.40. The summed E-state index contributed by atoms with van der Waals surface area (Å²) in [7, 11) is 3.24. The van der Waals surface area contributed by atoms with Crippen LogP contribution in [0.5, 0.6) is 11.5 Å². The Bertz CT molecular complexity index is 1110. The van der Waals surface area contributed by atoms with Crippen molar-refractivity contribution in [3.05, 3.63) is 53.8 Å². The van der Waals surface area contributed by atoms with Crippen LogP contribution in [0.3, 0.4) is 0 Å². The molecule has 6 nitrogen and oxygen atoms in total. The Hall–Kier alpha value is -3.25. The van der Waals surface area contributed by atoms with Crippen molar-refractivity contribution in [2.45, 2.75) is 33.7 Å².